The van der Waals surface area contributed by atoms with Gasteiger partial charge in [0.15, 0.2) is 17.5 Å². The molecule has 48 heavy (non-hydrogen) atoms. The zero-order chi connectivity index (χ0) is 31.6. The van der Waals surface area contributed by atoms with Gasteiger partial charge in [-0.05, 0) is 52.9 Å². The van der Waals surface area contributed by atoms with Gasteiger partial charge >= 0.3 is 0 Å². The van der Waals surface area contributed by atoms with Gasteiger partial charge in [-0.3, -0.25) is 4.98 Å². The summed E-state index contributed by atoms with van der Waals surface area (Å²) in [7, 11) is 0. The Morgan fingerprint density at radius 3 is 1.88 bits per heavy atom. The molecule has 6 nitrogen and oxygen atoms in total. The maximum Gasteiger partial charge on any atom is 0.164 e. The molecule has 0 aliphatic heterocycles. The van der Waals surface area contributed by atoms with Gasteiger partial charge in [0.25, 0.3) is 0 Å². The van der Waals surface area contributed by atoms with E-state index in [1.54, 1.807) is 0 Å². The Bertz CT molecular complexity index is 2850. The van der Waals surface area contributed by atoms with Crippen molar-refractivity contribution in [2.24, 2.45) is 0 Å². The van der Waals surface area contributed by atoms with Crippen LogP contribution in [0.1, 0.15) is 0 Å². The Kier molecular flexibility index (Phi) is 5.77. The third-order valence-electron chi connectivity index (χ3n) is 9.02. The van der Waals surface area contributed by atoms with Crippen molar-refractivity contribution in [1.82, 2.24) is 19.9 Å². The average molecular weight is 617 g/mol. The molecular weight excluding hydrogens is 592 g/mol. The van der Waals surface area contributed by atoms with Crippen molar-refractivity contribution in [3.8, 4) is 45.3 Å². The zero-order valence-electron chi connectivity index (χ0n) is 25.5. The summed E-state index contributed by atoms with van der Waals surface area (Å²) in [5.74, 6) is 1.76. The molecule has 10 aromatic rings. The maximum absolute atomic E-state index is 6.41. The number of hydrogen-bond acceptors (Lipinski definition) is 6. The highest BCUT2D eigenvalue weighted by molar-refractivity contribution is 6.16. The lowest BCUT2D eigenvalue weighted by Gasteiger charge is -2.13. The molecule has 0 aliphatic carbocycles. The lowest BCUT2D eigenvalue weighted by molar-refractivity contribution is 0.669. The van der Waals surface area contributed by atoms with Gasteiger partial charge in [-0.15, -0.1) is 0 Å². The summed E-state index contributed by atoms with van der Waals surface area (Å²) >= 11 is 0. The predicted molar refractivity (Wildman–Crippen MR) is 191 cm³/mol. The lowest BCUT2D eigenvalue weighted by Crippen LogP contribution is -2.01. The van der Waals surface area contributed by atoms with E-state index in [4.69, 9.17) is 23.8 Å². The maximum atomic E-state index is 6.41. The highest BCUT2D eigenvalue weighted by Crippen LogP contribution is 2.42. The fourth-order valence-corrected chi connectivity index (χ4v) is 6.84. The van der Waals surface area contributed by atoms with E-state index in [1.165, 1.54) is 0 Å². The fourth-order valence-electron chi connectivity index (χ4n) is 6.84. The van der Waals surface area contributed by atoms with Crippen molar-refractivity contribution in [1.29, 1.82) is 0 Å². The molecule has 0 unspecified atom stereocenters. The van der Waals surface area contributed by atoms with Gasteiger partial charge in [0, 0.05) is 56.0 Å². The lowest BCUT2D eigenvalue weighted by atomic mass is 9.94. The minimum Gasteiger partial charge on any atom is -0.456 e. The summed E-state index contributed by atoms with van der Waals surface area (Å²) in [6.07, 6.45) is 3.69. The van der Waals surface area contributed by atoms with Crippen LogP contribution in [0, 0.1) is 0 Å². The van der Waals surface area contributed by atoms with Crippen LogP contribution in [-0.2, 0) is 0 Å². The van der Waals surface area contributed by atoms with Crippen LogP contribution in [0.5, 0.6) is 0 Å². The van der Waals surface area contributed by atoms with Gasteiger partial charge in [0.1, 0.15) is 22.3 Å². The second kappa shape index (κ2) is 10.4. The summed E-state index contributed by atoms with van der Waals surface area (Å²) in [6, 6.07) is 45.0. The highest BCUT2D eigenvalue weighted by atomic mass is 16.3. The third-order valence-corrected chi connectivity index (χ3v) is 9.02. The smallest absolute Gasteiger partial charge is 0.164 e. The van der Waals surface area contributed by atoms with E-state index in [0.717, 1.165) is 82.5 Å². The molecule has 0 N–H and O–H groups in total. The van der Waals surface area contributed by atoms with Crippen LogP contribution in [0.3, 0.4) is 0 Å². The van der Waals surface area contributed by atoms with Crippen LogP contribution in [0.4, 0.5) is 0 Å². The van der Waals surface area contributed by atoms with Gasteiger partial charge in [-0.1, -0.05) is 97.1 Å². The molecule has 6 aromatic carbocycles. The molecule has 10 rings (SSSR count). The zero-order valence-corrected chi connectivity index (χ0v) is 25.5. The molecule has 4 heterocycles. The SMILES string of the molecule is c1ccc(-c2nc(-c3ccccc3-c3cccc4oc5cc6cnccc6cc5c34)nc(-c3cccc4oc5ccccc5c34)n2)cc1. The van der Waals surface area contributed by atoms with Gasteiger partial charge in [-0.2, -0.15) is 0 Å². The van der Waals surface area contributed by atoms with E-state index in [-0.39, 0.29) is 0 Å². The average Bonchev–Trinajstić information content (AvgIpc) is 3.72. The molecular formula is C42H24N4O2. The fraction of sp³-hybridized carbons (Fsp3) is 0. The van der Waals surface area contributed by atoms with Crippen molar-refractivity contribution in [2.75, 3.05) is 0 Å². The molecule has 0 aliphatic rings. The molecule has 0 bridgehead atoms. The molecule has 4 aromatic heterocycles. The summed E-state index contributed by atoms with van der Waals surface area (Å²) in [6.45, 7) is 0. The molecule has 0 radical (unpaired) electrons. The first kappa shape index (κ1) is 26.5. The van der Waals surface area contributed by atoms with Gasteiger partial charge in [0.2, 0.25) is 0 Å². The summed E-state index contributed by atoms with van der Waals surface area (Å²) in [4.78, 5) is 19.7. The first-order valence-corrected chi connectivity index (χ1v) is 15.8. The van der Waals surface area contributed by atoms with Crippen LogP contribution in [0.2, 0.25) is 0 Å². The van der Waals surface area contributed by atoms with Crippen LogP contribution >= 0.6 is 0 Å². The van der Waals surface area contributed by atoms with E-state index >= 15 is 0 Å². The van der Waals surface area contributed by atoms with Crippen LogP contribution in [0.15, 0.2) is 155 Å². The number of benzene rings is 6. The summed E-state index contributed by atoms with van der Waals surface area (Å²) in [5.41, 5.74) is 8.00. The van der Waals surface area contributed by atoms with E-state index in [2.05, 4.69) is 53.5 Å². The Hall–Kier alpha value is -6.66. The normalized spacial score (nSPS) is 11.8. The van der Waals surface area contributed by atoms with Crippen molar-refractivity contribution in [3.63, 3.8) is 0 Å². The van der Waals surface area contributed by atoms with E-state index in [1.807, 2.05) is 97.3 Å². The van der Waals surface area contributed by atoms with Crippen molar-refractivity contribution >= 4 is 54.6 Å². The van der Waals surface area contributed by atoms with Crippen molar-refractivity contribution in [2.45, 2.75) is 0 Å². The standard InChI is InChI=1S/C42H24N4O2/c1-2-10-25(11-3-1)40-44-41(46-42(45-40)32-16-9-19-36-39(32)31-14-6-7-17-34(31)47-36)30-13-5-4-12-28(30)29-15-8-18-35-38(29)33-22-26-20-21-43-24-27(26)23-37(33)48-35/h1-24H. The number of fused-ring (bicyclic) bond motifs is 7. The van der Waals surface area contributed by atoms with Gasteiger partial charge < -0.3 is 8.83 Å². The van der Waals surface area contributed by atoms with Crippen molar-refractivity contribution in [3.05, 3.63) is 146 Å². The van der Waals surface area contributed by atoms with Crippen LogP contribution < -0.4 is 0 Å². The van der Waals surface area contributed by atoms with Gasteiger partial charge in [-0.25, -0.2) is 15.0 Å². The highest BCUT2D eigenvalue weighted by Gasteiger charge is 2.21. The quantitative estimate of drug-likeness (QED) is 0.196. The van der Waals surface area contributed by atoms with Crippen molar-refractivity contribution < 1.29 is 8.83 Å². The molecule has 0 saturated carbocycles. The second-order valence-electron chi connectivity index (χ2n) is 11.8. The summed E-state index contributed by atoms with van der Waals surface area (Å²) in [5, 5.41) is 6.25. The van der Waals surface area contributed by atoms with Gasteiger partial charge in [0.05, 0.1) is 0 Å². The number of furan rings is 2. The number of aromatic nitrogens is 4. The number of nitrogens with zero attached hydrogens (tertiary/aromatic N) is 4. The van der Waals surface area contributed by atoms with Crippen LogP contribution in [-0.4, -0.2) is 19.9 Å². The Labute approximate surface area is 274 Å². The van der Waals surface area contributed by atoms with Crippen LogP contribution in [0.25, 0.3) is 99.9 Å². The number of rotatable bonds is 4. The minimum absolute atomic E-state index is 0.581. The minimum atomic E-state index is 0.581. The Morgan fingerprint density at radius 2 is 1.02 bits per heavy atom. The molecule has 0 atom stereocenters. The molecule has 0 spiro atoms. The van der Waals surface area contributed by atoms with E-state index < -0.39 is 0 Å². The monoisotopic (exact) mass is 616 g/mol. The number of hydrogen-bond donors (Lipinski definition) is 0. The number of para-hydroxylation sites is 1. The molecule has 224 valence electrons. The second-order valence-corrected chi connectivity index (χ2v) is 11.8. The summed E-state index contributed by atoms with van der Waals surface area (Å²) < 4.78 is 12.6. The first-order chi connectivity index (χ1) is 23.8. The topological polar surface area (TPSA) is 77.8 Å². The third kappa shape index (κ3) is 4.13. The molecule has 0 fully saturated rings. The molecule has 0 amide bonds. The first-order valence-electron chi connectivity index (χ1n) is 15.8. The molecule has 6 heteroatoms. The van der Waals surface area contributed by atoms with E-state index in [9.17, 15) is 0 Å². The molecule has 0 saturated heterocycles. The predicted octanol–water partition coefficient (Wildman–Crippen LogP) is 10.9. The largest absolute Gasteiger partial charge is 0.456 e. The van der Waals surface area contributed by atoms with E-state index in [0.29, 0.717) is 17.5 Å². The Balaban J connectivity index is 1.24. The Morgan fingerprint density at radius 1 is 0.396 bits per heavy atom. The number of pyridine rings is 1.